The van der Waals surface area contributed by atoms with E-state index < -0.39 is 6.10 Å². The predicted molar refractivity (Wildman–Crippen MR) is 111 cm³/mol. The molecule has 144 valence electrons. The first-order valence-electron chi connectivity index (χ1n) is 9.11. The molecule has 1 heterocycles. The lowest BCUT2D eigenvalue weighted by atomic mass is 10.0. The van der Waals surface area contributed by atoms with Crippen molar-refractivity contribution in [1.29, 1.82) is 0 Å². The Kier molecular flexibility index (Phi) is 8.17. The zero-order valence-electron chi connectivity index (χ0n) is 15.4. The maximum Gasteiger partial charge on any atom is 0.123 e. The number of nitrogens with one attached hydrogen (secondary N) is 1. The van der Waals surface area contributed by atoms with Gasteiger partial charge in [0.1, 0.15) is 5.82 Å². The molecule has 0 saturated heterocycles. The molecular formula is C22H26ClFN2O. The van der Waals surface area contributed by atoms with Gasteiger partial charge in [-0.25, -0.2) is 4.39 Å². The number of fused-ring (bicyclic) bond motifs is 1. The van der Waals surface area contributed by atoms with Crippen LogP contribution in [0.25, 0.3) is 10.8 Å². The fourth-order valence-electron chi connectivity index (χ4n) is 3.11. The normalized spacial score (nSPS) is 13.1. The highest BCUT2D eigenvalue weighted by atomic mass is 35.5. The molecule has 0 aliphatic heterocycles. The molecule has 2 N–H and O–H groups in total. The van der Waals surface area contributed by atoms with Crippen molar-refractivity contribution in [1.82, 2.24) is 10.3 Å². The first-order valence-corrected chi connectivity index (χ1v) is 9.11. The van der Waals surface area contributed by atoms with Crippen LogP contribution in [0.15, 0.2) is 60.9 Å². The van der Waals surface area contributed by atoms with Crippen molar-refractivity contribution in [2.45, 2.75) is 44.9 Å². The Morgan fingerprint density at radius 2 is 1.81 bits per heavy atom. The quantitative estimate of drug-likeness (QED) is 0.559. The maximum atomic E-state index is 12.9. The summed E-state index contributed by atoms with van der Waals surface area (Å²) >= 11 is 0. The molecule has 0 radical (unpaired) electrons. The van der Waals surface area contributed by atoms with Gasteiger partial charge in [0, 0.05) is 30.4 Å². The number of nitrogens with zero attached hydrogens (tertiary/aromatic N) is 1. The Morgan fingerprint density at radius 3 is 2.59 bits per heavy atom. The molecule has 0 aliphatic rings. The second-order valence-electron chi connectivity index (χ2n) is 6.84. The lowest BCUT2D eigenvalue weighted by Gasteiger charge is -2.16. The zero-order chi connectivity index (χ0) is 18.4. The smallest absolute Gasteiger partial charge is 0.123 e. The van der Waals surface area contributed by atoms with Gasteiger partial charge in [0.2, 0.25) is 0 Å². The third kappa shape index (κ3) is 6.28. The Labute approximate surface area is 166 Å². The average Bonchev–Trinajstić information content (AvgIpc) is 2.66. The summed E-state index contributed by atoms with van der Waals surface area (Å²) < 4.78 is 12.9. The second-order valence-corrected chi connectivity index (χ2v) is 6.84. The van der Waals surface area contributed by atoms with Crippen LogP contribution in [0.4, 0.5) is 4.39 Å². The Morgan fingerprint density at radius 1 is 1.04 bits per heavy atom. The van der Waals surface area contributed by atoms with E-state index in [1.54, 1.807) is 12.1 Å². The lowest BCUT2D eigenvalue weighted by Crippen LogP contribution is -2.25. The van der Waals surface area contributed by atoms with Crippen LogP contribution in [-0.2, 0) is 6.54 Å². The van der Waals surface area contributed by atoms with Gasteiger partial charge in [0.15, 0.2) is 0 Å². The minimum absolute atomic E-state index is 0. The van der Waals surface area contributed by atoms with Crippen molar-refractivity contribution < 1.29 is 9.50 Å². The summed E-state index contributed by atoms with van der Waals surface area (Å²) in [6, 6.07) is 14.9. The van der Waals surface area contributed by atoms with Gasteiger partial charge in [0.05, 0.1) is 6.10 Å². The van der Waals surface area contributed by atoms with Gasteiger partial charge in [-0.3, -0.25) is 4.98 Å². The van der Waals surface area contributed by atoms with Crippen LogP contribution in [0.3, 0.4) is 0 Å². The molecule has 3 rings (SSSR count). The van der Waals surface area contributed by atoms with E-state index in [9.17, 15) is 9.50 Å². The van der Waals surface area contributed by atoms with Gasteiger partial charge in [-0.15, -0.1) is 12.4 Å². The van der Waals surface area contributed by atoms with Crippen molar-refractivity contribution in [3.63, 3.8) is 0 Å². The van der Waals surface area contributed by atoms with E-state index in [0.717, 1.165) is 30.3 Å². The molecule has 0 fully saturated rings. The van der Waals surface area contributed by atoms with Crippen LogP contribution >= 0.6 is 12.4 Å². The number of hydrogen-bond acceptors (Lipinski definition) is 3. The second kappa shape index (κ2) is 10.4. The molecule has 3 nitrogen and oxygen atoms in total. The van der Waals surface area contributed by atoms with Crippen molar-refractivity contribution >= 4 is 23.2 Å². The van der Waals surface area contributed by atoms with Gasteiger partial charge in [-0.2, -0.15) is 0 Å². The molecule has 3 aromatic rings. The number of benzene rings is 2. The molecule has 0 spiro atoms. The predicted octanol–water partition coefficient (Wildman–Crippen LogP) is 5.18. The third-order valence-electron chi connectivity index (χ3n) is 4.73. The fourth-order valence-corrected chi connectivity index (χ4v) is 3.11. The van der Waals surface area contributed by atoms with E-state index >= 15 is 0 Å². The molecule has 0 saturated carbocycles. The first-order chi connectivity index (χ1) is 12.6. The highest BCUT2D eigenvalue weighted by Crippen LogP contribution is 2.20. The number of aliphatic hydroxyl groups is 1. The molecular weight excluding hydrogens is 363 g/mol. The molecule has 0 bridgehead atoms. The standard InChI is InChI=1S/C22H25FN2O.ClH/c1-16(3-2-4-22(26)18-7-9-21(23)10-8-18)25-14-17-5-6-20-15-24-12-11-19(20)13-17;/h5-13,15-16,22,25-26H,2-4,14H2,1H3;1H/t16-,22+;/m1./s1. The van der Waals surface area contributed by atoms with Crippen LogP contribution in [-0.4, -0.2) is 16.1 Å². The number of rotatable bonds is 8. The van der Waals surface area contributed by atoms with Crippen LogP contribution in [0.1, 0.15) is 43.4 Å². The third-order valence-corrected chi connectivity index (χ3v) is 4.73. The highest BCUT2D eigenvalue weighted by Gasteiger charge is 2.09. The maximum absolute atomic E-state index is 12.9. The highest BCUT2D eigenvalue weighted by molar-refractivity contribution is 5.85. The van der Waals surface area contributed by atoms with Crippen molar-refractivity contribution in [3.05, 3.63) is 77.9 Å². The topological polar surface area (TPSA) is 45.1 Å². The fraction of sp³-hybridized carbons (Fsp3) is 0.318. The summed E-state index contributed by atoms with van der Waals surface area (Å²) in [6.45, 7) is 2.98. The number of hydrogen-bond donors (Lipinski definition) is 2. The number of aliphatic hydroxyl groups excluding tert-OH is 1. The summed E-state index contributed by atoms with van der Waals surface area (Å²) in [5, 5.41) is 16.1. The van der Waals surface area contributed by atoms with Gasteiger partial charge >= 0.3 is 0 Å². The van der Waals surface area contributed by atoms with E-state index in [4.69, 9.17) is 0 Å². The molecule has 5 heteroatoms. The summed E-state index contributed by atoms with van der Waals surface area (Å²) in [7, 11) is 0. The molecule has 0 amide bonds. The number of halogens is 2. The van der Waals surface area contributed by atoms with Gasteiger partial charge in [0.25, 0.3) is 0 Å². The number of pyridine rings is 1. The summed E-state index contributed by atoms with van der Waals surface area (Å²) in [5.74, 6) is -0.274. The van der Waals surface area contributed by atoms with Crippen molar-refractivity contribution in [2.24, 2.45) is 0 Å². The monoisotopic (exact) mass is 388 g/mol. The van der Waals surface area contributed by atoms with Crippen LogP contribution in [0.2, 0.25) is 0 Å². The van der Waals surface area contributed by atoms with E-state index in [0.29, 0.717) is 12.5 Å². The van der Waals surface area contributed by atoms with E-state index in [2.05, 4.69) is 35.4 Å². The molecule has 2 atom stereocenters. The summed E-state index contributed by atoms with van der Waals surface area (Å²) in [6.07, 6.45) is 5.74. The lowest BCUT2D eigenvalue weighted by molar-refractivity contribution is 0.162. The van der Waals surface area contributed by atoms with Gasteiger partial charge in [-0.05, 0) is 67.0 Å². The summed E-state index contributed by atoms with van der Waals surface area (Å²) in [5.41, 5.74) is 2.03. The van der Waals surface area contributed by atoms with E-state index in [1.807, 2.05) is 18.5 Å². The largest absolute Gasteiger partial charge is 0.388 e. The molecule has 2 aromatic carbocycles. The minimum Gasteiger partial charge on any atom is -0.388 e. The number of aromatic nitrogens is 1. The van der Waals surface area contributed by atoms with Gasteiger partial charge < -0.3 is 10.4 Å². The molecule has 0 unspecified atom stereocenters. The zero-order valence-corrected chi connectivity index (χ0v) is 16.3. The van der Waals surface area contributed by atoms with Crippen LogP contribution in [0, 0.1) is 5.82 Å². The Hall–Kier alpha value is -2.01. The summed E-state index contributed by atoms with van der Waals surface area (Å²) in [4.78, 5) is 4.14. The van der Waals surface area contributed by atoms with Crippen LogP contribution in [0.5, 0.6) is 0 Å². The van der Waals surface area contributed by atoms with Crippen LogP contribution < -0.4 is 5.32 Å². The molecule has 0 aliphatic carbocycles. The molecule has 1 aromatic heterocycles. The van der Waals surface area contributed by atoms with Gasteiger partial charge in [-0.1, -0.05) is 24.3 Å². The van der Waals surface area contributed by atoms with Crippen molar-refractivity contribution in [2.75, 3.05) is 0 Å². The Bertz CT molecular complexity index is 841. The first kappa shape index (κ1) is 21.3. The van der Waals surface area contributed by atoms with Crippen molar-refractivity contribution in [3.8, 4) is 0 Å². The Balaban J connectivity index is 0.00000261. The average molecular weight is 389 g/mol. The van der Waals surface area contributed by atoms with E-state index in [1.165, 1.54) is 23.1 Å². The SMILES string of the molecule is C[C@H](CCC[C@H](O)c1ccc(F)cc1)NCc1ccc2cnccc2c1.Cl. The van der Waals surface area contributed by atoms with E-state index in [-0.39, 0.29) is 18.2 Å². The minimum atomic E-state index is -0.531. The molecule has 27 heavy (non-hydrogen) atoms.